The Labute approximate surface area is 296 Å². The number of aromatic nitrogens is 2. The number of hydrogen-bond donors (Lipinski definition) is 1. The average Bonchev–Trinajstić information content (AvgIpc) is 3.75. The Bertz CT molecular complexity index is 1650. The van der Waals surface area contributed by atoms with Crippen molar-refractivity contribution in [2.45, 2.75) is 81.6 Å². The lowest BCUT2D eigenvalue weighted by Crippen LogP contribution is -2.44. The lowest BCUT2D eigenvalue weighted by atomic mass is 9.95. The molecule has 16 heteroatoms. The van der Waals surface area contributed by atoms with Crippen LogP contribution in [-0.2, 0) is 45.3 Å². The molecule has 1 atom stereocenters. The van der Waals surface area contributed by atoms with Gasteiger partial charge in [0, 0.05) is 79.9 Å². The number of likely N-dealkylation sites (tertiary alicyclic amines) is 3. The van der Waals surface area contributed by atoms with Gasteiger partial charge in [-0.15, -0.1) is 11.8 Å². The summed E-state index contributed by atoms with van der Waals surface area (Å²) in [7, 11) is -3.56. The lowest BCUT2D eigenvalue weighted by molar-refractivity contribution is -0.140. The maximum Gasteiger partial charge on any atom is 0.417 e. The van der Waals surface area contributed by atoms with Crippen molar-refractivity contribution in [1.82, 2.24) is 28.8 Å². The van der Waals surface area contributed by atoms with Crippen molar-refractivity contribution in [3.8, 4) is 11.3 Å². The molecule has 4 aliphatic heterocycles. The molecule has 1 aromatic carbocycles. The Morgan fingerprint density at radius 3 is 2.28 bits per heavy atom. The predicted octanol–water partition coefficient (Wildman–Crippen LogP) is 3.69. The summed E-state index contributed by atoms with van der Waals surface area (Å²) in [6.45, 7) is 4.99. The maximum atomic E-state index is 14.1. The number of benzene rings is 1. The number of rotatable bonds is 10. The number of sulfonamides is 1. The fourth-order valence-electron chi connectivity index (χ4n) is 7.64. The Morgan fingerprint density at radius 2 is 1.62 bits per heavy atom. The zero-order chi connectivity index (χ0) is 35.6. The van der Waals surface area contributed by atoms with E-state index in [0.29, 0.717) is 56.0 Å². The van der Waals surface area contributed by atoms with E-state index in [9.17, 15) is 36.3 Å². The van der Waals surface area contributed by atoms with Gasteiger partial charge in [-0.05, 0) is 70.2 Å². The quantitative estimate of drug-likeness (QED) is 0.367. The normalized spacial score (nSPS) is 20.7. The number of β-amino-alcohol motifs (C(OH)–C–C–N with tert-alkyl or cyclic N) is 1. The molecule has 1 unspecified atom stereocenters. The van der Waals surface area contributed by atoms with Crippen molar-refractivity contribution in [2.75, 3.05) is 64.4 Å². The number of carbonyl (C=O) groups excluding carboxylic acids is 2. The first kappa shape index (κ1) is 37.1. The van der Waals surface area contributed by atoms with Gasteiger partial charge in [0.05, 0.1) is 35.9 Å². The number of nitrogens with zero attached hydrogens (tertiary/aromatic N) is 6. The minimum Gasteiger partial charge on any atom is -0.390 e. The molecule has 1 aromatic heterocycles. The van der Waals surface area contributed by atoms with Crippen LogP contribution in [0, 0.1) is 5.92 Å². The first-order valence-corrected chi connectivity index (χ1v) is 20.5. The van der Waals surface area contributed by atoms with Crippen LogP contribution in [0.15, 0.2) is 23.1 Å². The molecule has 0 saturated carbocycles. The summed E-state index contributed by atoms with van der Waals surface area (Å²) in [4.78, 5) is 31.4. The lowest BCUT2D eigenvalue weighted by Gasteiger charge is -2.34. The highest BCUT2D eigenvalue weighted by molar-refractivity contribution is 8.00. The maximum absolute atomic E-state index is 14.1. The molecule has 50 heavy (non-hydrogen) atoms. The van der Waals surface area contributed by atoms with Crippen molar-refractivity contribution in [3.63, 3.8) is 0 Å². The third kappa shape index (κ3) is 8.68. The summed E-state index contributed by atoms with van der Waals surface area (Å²) >= 11 is 0.851. The van der Waals surface area contributed by atoms with E-state index in [2.05, 4.69) is 4.90 Å². The molecule has 0 aliphatic carbocycles. The van der Waals surface area contributed by atoms with Crippen molar-refractivity contribution < 1.29 is 36.3 Å². The molecule has 0 spiro atoms. The largest absolute Gasteiger partial charge is 0.417 e. The average molecular weight is 741 g/mol. The highest BCUT2D eigenvalue weighted by Crippen LogP contribution is 2.40. The standard InChI is InChI=1S/C34H47F3N6O5S2/c1-50(47,48)42-18-11-29-27(22-42)32(25-7-8-28(34(35,36)37)30(19-25)49-23-31(45)40-12-3-2-4-13-40)38-43(29)21-26(44)20-39-16-9-24(10-17-39)33(46)41-14-5-6-15-41/h7-8,19,24,26,44H,2-6,9-18,20-23H2,1H3. The highest BCUT2D eigenvalue weighted by Gasteiger charge is 2.36. The molecule has 3 saturated heterocycles. The summed E-state index contributed by atoms with van der Waals surface area (Å²) in [5, 5.41) is 16.0. The Morgan fingerprint density at radius 1 is 0.960 bits per heavy atom. The molecule has 5 heterocycles. The van der Waals surface area contributed by atoms with Crippen LogP contribution in [0.4, 0.5) is 13.2 Å². The second kappa shape index (κ2) is 15.5. The van der Waals surface area contributed by atoms with Gasteiger partial charge in [-0.3, -0.25) is 14.3 Å². The van der Waals surface area contributed by atoms with E-state index in [0.717, 1.165) is 87.8 Å². The number of aliphatic hydroxyl groups excluding tert-OH is 1. The first-order chi connectivity index (χ1) is 23.8. The monoisotopic (exact) mass is 740 g/mol. The van der Waals surface area contributed by atoms with E-state index in [1.165, 1.54) is 16.4 Å². The number of alkyl halides is 3. The first-order valence-electron chi connectivity index (χ1n) is 17.6. The van der Waals surface area contributed by atoms with E-state index in [4.69, 9.17) is 5.10 Å². The summed E-state index contributed by atoms with van der Waals surface area (Å²) in [5.41, 5.74) is 1.23. The number of hydrogen-bond acceptors (Lipinski definition) is 8. The van der Waals surface area contributed by atoms with E-state index >= 15 is 0 Å². The summed E-state index contributed by atoms with van der Waals surface area (Å²) < 4.78 is 70.5. The SMILES string of the molecule is CS(=O)(=O)N1CCc2c(c(-c3ccc(C(F)(F)F)c(SCC(=O)N4CCCCC4)c3)nn2CC(O)CN2CCC(C(=O)N3CCCC3)CC2)C1. The molecular formula is C34H47F3N6O5S2. The van der Waals surface area contributed by atoms with Crippen LogP contribution in [0.25, 0.3) is 11.3 Å². The third-order valence-electron chi connectivity index (χ3n) is 10.4. The van der Waals surface area contributed by atoms with Gasteiger partial charge in [0.1, 0.15) is 0 Å². The number of aliphatic hydroxyl groups is 1. The number of halogens is 3. The van der Waals surface area contributed by atoms with Gasteiger partial charge in [0.15, 0.2) is 0 Å². The Balaban J connectivity index is 1.21. The molecule has 276 valence electrons. The fourth-order valence-corrected chi connectivity index (χ4v) is 9.44. The van der Waals surface area contributed by atoms with Crippen LogP contribution in [0.3, 0.4) is 0 Å². The van der Waals surface area contributed by atoms with E-state index in [1.54, 1.807) is 9.58 Å². The van der Waals surface area contributed by atoms with E-state index in [1.807, 2.05) is 4.90 Å². The van der Waals surface area contributed by atoms with Gasteiger partial charge in [-0.2, -0.15) is 22.6 Å². The van der Waals surface area contributed by atoms with E-state index in [-0.39, 0.29) is 48.0 Å². The van der Waals surface area contributed by atoms with Crippen LogP contribution in [0.5, 0.6) is 0 Å². The fraction of sp³-hybridized carbons (Fsp3) is 0.676. The molecule has 6 rings (SSSR count). The molecule has 2 amide bonds. The van der Waals surface area contributed by atoms with Crippen LogP contribution in [-0.4, -0.2) is 125 Å². The second-order valence-corrected chi connectivity index (χ2v) is 17.0. The van der Waals surface area contributed by atoms with Crippen molar-refractivity contribution in [1.29, 1.82) is 0 Å². The molecule has 1 N–H and O–H groups in total. The molecule has 0 radical (unpaired) electrons. The van der Waals surface area contributed by atoms with Crippen molar-refractivity contribution in [2.24, 2.45) is 5.92 Å². The number of piperidine rings is 2. The number of fused-ring (bicyclic) bond motifs is 1. The molecule has 2 aromatic rings. The van der Waals surface area contributed by atoms with Gasteiger partial charge in [0.2, 0.25) is 21.8 Å². The summed E-state index contributed by atoms with van der Waals surface area (Å²) in [6, 6.07) is 3.74. The minimum absolute atomic E-state index is 0.00894. The van der Waals surface area contributed by atoms with Crippen LogP contribution in [0.2, 0.25) is 0 Å². The molecular weight excluding hydrogens is 694 g/mol. The smallest absolute Gasteiger partial charge is 0.390 e. The Kier molecular flexibility index (Phi) is 11.5. The van der Waals surface area contributed by atoms with Crippen molar-refractivity contribution in [3.05, 3.63) is 35.0 Å². The van der Waals surface area contributed by atoms with Crippen LogP contribution >= 0.6 is 11.8 Å². The van der Waals surface area contributed by atoms with Gasteiger partial charge in [-0.25, -0.2) is 8.42 Å². The predicted molar refractivity (Wildman–Crippen MR) is 184 cm³/mol. The second-order valence-electron chi connectivity index (χ2n) is 14.0. The number of amides is 2. The topological polar surface area (TPSA) is 119 Å². The van der Waals surface area contributed by atoms with Crippen LogP contribution < -0.4 is 0 Å². The van der Waals surface area contributed by atoms with Crippen molar-refractivity contribution >= 4 is 33.6 Å². The Hall–Kier alpha value is -2.66. The van der Waals surface area contributed by atoms with Gasteiger partial charge in [0.25, 0.3) is 0 Å². The molecule has 3 fully saturated rings. The van der Waals surface area contributed by atoms with Gasteiger partial charge < -0.3 is 19.8 Å². The summed E-state index contributed by atoms with van der Waals surface area (Å²) in [6.07, 6.45) is 2.38. The summed E-state index contributed by atoms with van der Waals surface area (Å²) in [5.74, 6) is -0.0822. The molecule has 0 bridgehead atoms. The minimum atomic E-state index is -4.64. The number of thioether (sulfide) groups is 1. The third-order valence-corrected chi connectivity index (χ3v) is 12.7. The van der Waals surface area contributed by atoms with Crippen LogP contribution in [0.1, 0.15) is 61.8 Å². The highest BCUT2D eigenvalue weighted by atomic mass is 32.2. The van der Waals surface area contributed by atoms with Gasteiger partial charge >= 0.3 is 6.18 Å². The zero-order valence-corrected chi connectivity index (χ0v) is 30.2. The van der Waals surface area contributed by atoms with Gasteiger partial charge in [-0.1, -0.05) is 6.07 Å². The number of carbonyl (C=O) groups is 2. The zero-order valence-electron chi connectivity index (χ0n) is 28.5. The molecule has 11 nitrogen and oxygen atoms in total. The molecule has 4 aliphatic rings. The van der Waals surface area contributed by atoms with E-state index < -0.39 is 27.9 Å².